The van der Waals surface area contributed by atoms with Gasteiger partial charge in [-0.1, -0.05) is 11.2 Å². The van der Waals surface area contributed by atoms with Gasteiger partial charge in [0.25, 0.3) is 0 Å². The molecule has 0 N–H and O–H groups in total. The predicted molar refractivity (Wildman–Crippen MR) is 94.6 cm³/mol. The Labute approximate surface area is 147 Å². The SMILES string of the molecule is Cc1nn(C)c(C)c1CN(Cc1nc(-c2ccccn2)no1)C(C)C. The maximum atomic E-state index is 5.44. The van der Waals surface area contributed by atoms with Crippen molar-refractivity contribution in [1.82, 2.24) is 29.8 Å². The van der Waals surface area contributed by atoms with E-state index in [1.165, 1.54) is 11.3 Å². The highest BCUT2D eigenvalue weighted by molar-refractivity contribution is 5.47. The Hall–Kier alpha value is -2.54. The smallest absolute Gasteiger partial charge is 0.241 e. The summed E-state index contributed by atoms with van der Waals surface area (Å²) in [7, 11) is 1.97. The first kappa shape index (κ1) is 17.3. The highest BCUT2D eigenvalue weighted by Gasteiger charge is 2.19. The maximum Gasteiger partial charge on any atom is 0.241 e. The van der Waals surface area contributed by atoms with E-state index in [4.69, 9.17) is 4.52 Å². The lowest BCUT2D eigenvalue weighted by Crippen LogP contribution is -2.30. The van der Waals surface area contributed by atoms with Crippen LogP contribution in [0.2, 0.25) is 0 Å². The van der Waals surface area contributed by atoms with E-state index in [-0.39, 0.29) is 0 Å². The van der Waals surface area contributed by atoms with E-state index in [2.05, 4.69) is 45.9 Å². The Kier molecular flexibility index (Phi) is 4.94. The minimum atomic E-state index is 0.337. The van der Waals surface area contributed by atoms with Gasteiger partial charge in [-0.3, -0.25) is 14.6 Å². The van der Waals surface area contributed by atoms with E-state index in [1.54, 1.807) is 6.20 Å². The number of nitrogens with zero attached hydrogens (tertiary/aromatic N) is 6. The molecule has 0 bridgehead atoms. The molecule has 0 radical (unpaired) electrons. The van der Waals surface area contributed by atoms with Crippen LogP contribution in [-0.4, -0.2) is 35.8 Å². The highest BCUT2D eigenvalue weighted by atomic mass is 16.5. The number of pyridine rings is 1. The van der Waals surface area contributed by atoms with Gasteiger partial charge in [0, 0.05) is 37.1 Å². The summed E-state index contributed by atoms with van der Waals surface area (Å²) in [6.07, 6.45) is 1.72. The molecule has 3 heterocycles. The Balaban J connectivity index is 1.78. The number of rotatable bonds is 6. The third-order valence-corrected chi connectivity index (χ3v) is 4.45. The largest absolute Gasteiger partial charge is 0.337 e. The molecule has 3 aromatic heterocycles. The third kappa shape index (κ3) is 3.76. The fourth-order valence-electron chi connectivity index (χ4n) is 2.76. The quantitative estimate of drug-likeness (QED) is 0.687. The zero-order chi connectivity index (χ0) is 18.0. The Morgan fingerprint density at radius 2 is 2.00 bits per heavy atom. The van der Waals surface area contributed by atoms with Gasteiger partial charge in [0.1, 0.15) is 5.69 Å². The molecule has 0 amide bonds. The van der Waals surface area contributed by atoms with Crippen LogP contribution >= 0.6 is 0 Å². The second kappa shape index (κ2) is 7.14. The Morgan fingerprint density at radius 3 is 2.60 bits per heavy atom. The lowest BCUT2D eigenvalue weighted by atomic mass is 10.1. The fourth-order valence-corrected chi connectivity index (χ4v) is 2.76. The minimum Gasteiger partial charge on any atom is -0.337 e. The van der Waals surface area contributed by atoms with Gasteiger partial charge in [-0.15, -0.1) is 0 Å². The molecule has 0 aliphatic carbocycles. The molecule has 3 aromatic rings. The monoisotopic (exact) mass is 340 g/mol. The first-order chi connectivity index (χ1) is 12.0. The fraction of sp³-hybridized carbons (Fsp3) is 0.444. The van der Waals surface area contributed by atoms with Crippen molar-refractivity contribution < 1.29 is 4.52 Å². The molecule has 0 aliphatic rings. The van der Waals surface area contributed by atoms with Crippen LogP contribution in [0.15, 0.2) is 28.9 Å². The molecule has 0 aliphatic heterocycles. The van der Waals surface area contributed by atoms with Crippen LogP contribution in [0.1, 0.15) is 36.7 Å². The first-order valence-corrected chi connectivity index (χ1v) is 8.42. The van der Waals surface area contributed by atoms with Crippen molar-refractivity contribution in [2.24, 2.45) is 7.05 Å². The molecule has 0 fully saturated rings. The molecule has 0 aromatic carbocycles. The topological polar surface area (TPSA) is 72.9 Å². The van der Waals surface area contributed by atoms with Gasteiger partial charge in [0.15, 0.2) is 0 Å². The summed E-state index contributed by atoms with van der Waals surface area (Å²) in [4.78, 5) is 11.1. The van der Waals surface area contributed by atoms with Crippen molar-refractivity contribution in [2.75, 3.05) is 0 Å². The van der Waals surface area contributed by atoms with Crippen molar-refractivity contribution >= 4 is 0 Å². The number of aryl methyl sites for hydroxylation is 2. The molecule has 7 heteroatoms. The van der Waals surface area contributed by atoms with Gasteiger partial charge in [0.05, 0.1) is 12.2 Å². The summed E-state index contributed by atoms with van der Waals surface area (Å²) in [6, 6.07) is 5.98. The molecule has 0 spiro atoms. The van der Waals surface area contributed by atoms with Gasteiger partial charge in [0.2, 0.25) is 11.7 Å². The summed E-state index contributed by atoms with van der Waals surface area (Å²) in [5.74, 6) is 1.11. The zero-order valence-corrected chi connectivity index (χ0v) is 15.4. The molecular weight excluding hydrogens is 316 g/mol. The van der Waals surface area contributed by atoms with Crippen LogP contribution in [-0.2, 0) is 20.1 Å². The third-order valence-electron chi connectivity index (χ3n) is 4.45. The zero-order valence-electron chi connectivity index (χ0n) is 15.4. The van der Waals surface area contributed by atoms with Crippen molar-refractivity contribution in [2.45, 2.75) is 46.8 Å². The molecular formula is C18H24N6O. The number of hydrogen-bond acceptors (Lipinski definition) is 6. The molecule has 3 rings (SSSR count). The lowest BCUT2D eigenvalue weighted by molar-refractivity contribution is 0.176. The van der Waals surface area contributed by atoms with Crippen molar-refractivity contribution in [3.05, 3.63) is 47.2 Å². The average Bonchev–Trinajstić information content (AvgIpc) is 3.15. The molecule has 0 unspecified atom stereocenters. The summed E-state index contributed by atoms with van der Waals surface area (Å²) in [5, 5.41) is 8.56. The highest BCUT2D eigenvalue weighted by Crippen LogP contribution is 2.19. The van der Waals surface area contributed by atoms with Crippen LogP contribution in [0, 0.1) is 13.8 Å². The molecule has 0 saturated carbocycles. The minimum absolute atomic E-state index is 0.337. The van der Waals surface area contributed by atoms with Crippen LogP contribution < -0.4 is 0 Å². The average molecular weight is 340 g/mol. The Morgan fingerprint density at radius 1 is 1.20 bits per heavy atom. The molecule has 132 valence electrons. The van der Waals surface area contributed by atoms with Crippen LogP contribution in [0.3, 0.4) is 0 Å². The molecule has 25 heavy (non-hydrogen) atoms. The van der Waals surface area contributed by atoms with Crippen LogP contribution in [0.25, 0.3) is 11.5 Å². The van der Waals surface area contributed by atoms with Crippen molar-refractivity contribution in [3.8, 4) is 11.5 Å². The van der Waals surface area contributed by atoms with Gasteiger partial charge in [-0.2, -0.15) is 10.1 Å². The summed E-state index contributed by atoms with van der Waals surface area (Å²) in [6.45, 7) is 9.86. The van der Waals surface area contributed by atoms with E-state index in [9.17, 15) is 0 Å². The number of hydrogen-bond donors (Lipinski definition) is 0. The first-order valence-electron chi connectivity index (χ1n) is 8.42. The van der Waals surface area contributed by atoms with Gasteiger partial charge in [-0.05, 0) is 39.8 Å². The second-order valence-electron chi connectivity index (χ2n) is 6.50. The van der Waals surface area contributed by atoms with Gasteiger partial charge in [-0.25, -0.2) is 0 Å². The molecule has 7 nitrogen and oxygen atoms in total. The van der Waals surface area contributed by atoms with Gasteiger partial charge >= 0.3 is 0 Å². The van der Waals surface area contributed by atoms with Crippen molar-refractivity contribution in [3.63, 3.8) is 0 Å². The van der Waals surface area contributed by atoms with Crippen LogP contribution in [0.5, 0.6) is 0 Å². The van der Waals surface area contributed by atoms with E-state index in [0.29, 0.717) is 30.0 Å². The van der Waals surface area contributed by atoms with E-state index < -0.39 is 0 Å². The van der Waals surface area contributed by atoms with Crippen molar-refractivity contribution in [1.29, 1.82) is 0 Å². The standard InChI is InChI=1S/C18H24N6O/c1-12(2)24(10-15-13(3)21-23(5)14(15)4)11-17-20-18(22-25-17)16-8-6-7-9-19-16/h6-9,12H,10-11H2,1-5H3. The predicted octanol–water partition coefficient (Wildman–Crippen LogP) is 2.89. The van der Waals surface area contributed by atoms with Crippen LogP contribution in [0.4, 0.5) is 0 Å². The number of aromatic nitrogens is 5. The molecule has 0 atom stereocenters. The van der Waals surface area contributed by atoms with E-state index in [1.807, 2.05) is 36.9 Å². The Bertz CT molecular complexity index is 837. The van der Waals surface area contributed by atoms with E-state index >= 15 is 0 Å². The molecule has 0 saturated heterocycles. The second-order valence-corrected chi connectivity index (χ2v) is 6.50. The summed E-state index contributed by atoms with van der Waals surface area (Å²) >= 11 is 0. The lowest BCUT2D eigenvalue weighted by Gasteiger charge is -2.24. The normalized spacial score (nSPS) is 11.6. The van der Waals surface area contributed by atoms with E-state index in [0.717, 1.165) is 12.2 Å². The van der Waals surface area contributed by atoms with Gasteiger partial charge < -0.3 is 4.52 Å². The summed E-state index contributed by atoms with van der Waals surface area (Å²) in [5.41, 5.74) is 4.21. The maximum absolute atomic E-state index is 5.44. The summed E-state index contributed by atoms with van der Waals surface area (Å²) < 4.78 is 7.37.